The number of para-hydroxylation sites is 2. The lowest BCUT2D eigenvalue weighted by molar-refractivity contribution is -0.118. The first kappa shape index (κ1) is 17.5. The summed E-state index contributed by atoms with van der Waals surface area (Å²) in [4.78, 5) is 14.3. The molecule has 0 saturated heterocycles. The lowest BCUT2D eigenvalue weighted by Gasteiger charge is -2.24. The van der Waals surface area contributed by atoms with E-state index in [1.807, 2.05) is 29.2 Å². The fraction of sp³-hybridized carbons (Fsp3) is 0.588. The maximum absolute atomic E-state index is 12.5. The van der Waals surface area contributed by atoms with Crippen LogP contribution in [-0.4, -0.2) is 26.1 Å². The second-order valence-corrected chi connectivity index (χ2v) is 5.17. The molecule has 4 heteroatoms. The summed E-state index contributed by atoms with van der Waals surface area (Å²) in [5, 5.41) is 0. The van der Waals surface area contributed by atoms with Crippen LogP contribution in [0.3, 0.4) is 0 Å². The second-order valence-electron chi connectivity index (χ2n) is 5.17. The van der Waals surface area contributed by atoms with Crippen molar-refractivity contribution in [2.75, 3.05) is 25.1 Å². The minimum absolute atomic E-state index is 0.157. The third-order valence-corrected chi connectivity index (χ3v) is 3.51. The summed E-state index contributed by atoms with van der Waals surface area (Å²) in [5.74, 6) is 0.889. The summed E-state index contributed by atoms with van der Waals surface area (Å²) in [6.07, 6.45) is 5.80. The molecule has 0 atom stereocenters. The van der Waals surface area contributed by atoms with Crippen LogP contribution in [0.2, 0.25) is 0 Å². The van der Waals surface area contributed by atoms with E-state index in [4.69, 9.17) is 10.5 Å². The molecule has 4 nitrogen and oxygen atoms in total. The van der Waals surface area contributed by atoms with Crippen molar-refractivity contribution in [2.45, 2.75) is 45.4 Å². The molecule has 0 aliphatic carbocycles. The lowest BCUT2D eigenvalue weighted by Crippen LogP contribution is -2.33. The van der Waals surface area contributed by atoms with E-state index in [2.05, 4.69) is 6.92 Å². The van der Waals surface area contributed by atoms with E-state index in [-0.39, 0.29) is 5.91 Å². The molecule has 0 saturated carbocycles. The molecule has 0 fully saturated rings. The number of rotatable bonds is 10. The molecule has 0 bridgehead atoms. The maximum atomic E-state index is 12.5. The number of carbonyl (C=O) groups is 1. The van der Waals surface area contributed by atoms with Crippen LogP contribution in [0.15, 0.2) is 24.3 Å². The van der Waals surface area contributed by atoms with E-state index < -0.39 is 0 Å². The van der Waals surface area contributed by atoms with Gasteiger partial charge in [0.25, 0.3) is 0 Å². The molecule has 2 N–H and O–H groups in total. The van der Waals surface area contributed by atoms with Gasteiger partial charge in [-0.3, -0.25) is 4.79 Å². The summed E-state index contributed by atoms with van der Waals surface area (Å²) in [6, 6.07) is 7.65. The highest BCUT2D eigenvalue weighted by Crippen LogP contribution is 2.28. The molecule has 0 heterocycles. The van der Waals surface area contributed by atoms with Crippen LogP contribution in [0.5, 0.6) is 5.75 Å². The van der Waals surface area contributed by atoms with Gasteiger partial charge in [0.05, 0.1) is 12.8 Å². The van der Waals surface area contributed by atoms with Gasteiger partial charge in [-0.15, -0.1) is 0 Å². The Morgan fingerprint density at radius 3 is 2.62 bits per heavy atom. The van der Waals surface area contributed by atoms with Gasteiger partial charge in [0.2, 0.25) is 5.91 Å². The monoisotopic (exact) mass is 292 g/mol. The molecule has 1 rings (SSSR count). The number of anilines is 1. The zero-order valence-electron chi connectivity index (χ0n) is 13.3. The minimum Gasteiger partial charge on any atom is -0.495 e. The molecule has 118 valence electrons. The molecular weight excluding hydrogens is 264 g/mol. The van der Waals surface area contributed by atoms with Gasteiger partial charge in [0.15, 0.2) is 0 Å². The largest absolute Gasteiger partial charge is 0.495 e. The highest BCUT2D eigenvalue weighted by Gasteiger charge is 2.18. The van der Waals surface area contributed by atoms with Crippen LogP contribution in [-0.2, 0) is 4.79 Å². The highest BCUT2D eigenvalue weighted by atomic mass is 16.5. The van der Waals surface area contributed by atoms with E-state index in [1.54, 1.807) is 7.11 Å². The SMILES string of the molecule is CCCCCCC(=O)N(CCCN)c1ccccc1OC. The Hall–Kier alpha value is -1.55. The highest BCUT2D eigenvalue weighted by molar-refractivity contribution is 5.94. The summed E-state index contributed by atoms with van der Waals surface area (Å²) in [6.45, 7) is 3.39. The lowest BCUT2D eigenvalue weighted by atomic mass is 10.1. The average molecular weight is 292 g/mol. The number of amides is 1. The van der Waals surface area contributed by atoms with Crippen LogP contribution >= 0.6 is 0 Å². The van der Waals surface area contributed by atoms with Gasteiger partial charge in [0.1, 0.15) is 5.75 Å². The standard InChI is InChI=1S/C17H28N2O2/c1-3-4-5-6-12-17(20)19(14-9-13-18)15-10-7-8-11-16(15)21-2/h7-8,10-11H,3-6,9,12-14,18H2,1-2H3. The van der Waals surface area contributed by atoms with E-state index in [1.165, 1.54) is 12.8 Å². The first-order valence-electron chi connectivity index (χ1n) is 7.88. The van der Waals surface area contributed by atoms with E-state index >= 15 is 0 Å². The van der Waals surface area contributed by atoms with Crippen LogP contribution < -0.4 is 15.4 Å². The van der Waals surface area contributed by atoms with Crippen molar-refractivity contribution in [3.8, 4) is 5.75 Å². The van der Waals surface area contributed by atoms with Crippen molar-refractivity contribution in [3.63, 3.8) is 0 Å². The second kappa shape index (κ2) is 10.2. The Morgan fingerprint density at radius 1 is 1.19 bits per heavy atom. The van der Waals surface area contributed by atoms with Crippen LogP contribution in [0.1, 0.15) is 45.4 Å². The van der Waals surface area contributed by atoms with Gasteiger partial charge in [-0.05, 0) is 31.5 Å². The number of benzene rings is 1. The fourth-order valence-corrected chi connectivity index (χ4v) is 2.32. The normalized spacial score (nSPS) is 10.4. The quantitative estimate of drug-likeness (QED) is 0.673. The molecule has 0 radical (unpaired) electrons. The maximum Gasteiger partial charge on any atom is 0.227 e. The number of ether oxygens (including phenoxy) is 1. The minimum atomic E-state index is 0.157. The first-order valence-corrected chi connectivity index (χ1v) is 7.88. The van der Waals surface area contributed by atoms with Gasteiger partial charge < -0.3 is 15.4 Å². The Bertz CT molecular complexity index is 421. The van der Waals surface area contributed by atoms with E-state index in [9.17, 15) is 4.79 Å². The van der Waals surface area contributed by atoms with Crippen LogP contribution in [0, 0.1) is 0 Å². The Kier molecular flexibility index (Phi) is 8.51. The third kappa shape index (κ3) is 5.76. The Morgan fingerprint density at radius 2 is 1.95 bits per heavy atom. The van der Waals surface area contributed by atoms with E-state index in [0.29, 0.717) is 19.5 Å². The van der Waals surface area contributed by atoms with Crippen LogP contribution in [0.25, 0.3) is 0 Å². The molecule has 1 aromatic carbocycles. The van der Waals surface area contributed by atoms with E-state index in [0.717, 1.165) is 30.7 Å². The zero-order chi connectivity index (χ0) is 15.5. The molecule has 0 unspecified atom stereocenters. The number of hydrogen-bond donors (Lipinski definition) is 1. The number of nitrogens with two attached hydrogens (primary N) is 1. The summed E-state index contributed by atoms with van der Waals surface area (Å²) < 4.78 is 5.37. The van der Waals surface area contributed by atoms with Crippen molar-refractivity contribution in [2.24, 2.45) is 5.73 Å². The fourth-order valence-electron chi connectivity index (χ4n) is 2.32. The van der Waals surface area contributed by atoms with Gasteiger partial charge in [-0.2, -0.15) is 0 Å². The summed E-state index contributed by atoms with van der Waals surface area (Å²) in [5.41, 5.74) is 6.44. The molecular formula is C17H28N2O2. The molecule has 0 spiro atoms. The molecule has 1 amide bonds. The van der Waals surface area contributed by atoms with Crippen molar-refractivity contribution in [1.29, 1.82) is 0 Å². The first-order chi connectivity index (χ1) is 10.2. The number of unbranched alkanes of at least 4 members (excludes halogenated alkanes) is 3. The predicted octanol–water partition coefficient (Wildman–Crippen LogP) is 3.35. The Labute approximate surface area is 128 Å². The van der Waals surface area contributed by atoms with Crippen molar-refractivity contribution in [3.05, 3.63) is 24.3 Å². The van der Waals surface area contributed by atoms with Crippen molar-refractivity contribution in [1.82, 2.24) is 0 Å². The van der Waals surface area contributed by atoms with Gasteiger partial charge in [-0.25, -0.2) is 0 Å². The predicted molar refractivity (Wildman–Crippen MR) is 87.8 cm³/mol. The summed E-state index contributed by atoms with van der Waals surface area (Å²) in [7, 11) is 1.63. The molecule has 0 aliphatic heterocycles. The molecule has 0 aliphatic rings. The number of nitrogens with zero attached hydrogens (tertiary/aromatic N) is 1. The summed E-state index contributed by atoms with van der Waals surface area (Å²) >= 11 is 0. The number of hydrogen-bond acceptors (Lipinski definition) is 3. The average Bonchev–Trinajstić information content (AvgIpc) is 2.52. The topological polar surface area (TPSA) is 55.6 Å². The molecule has 0 aromatic heterocycles. The van der Waals surface area contributed by atoms with Gasteiger partial charge >= 0.3 is 0 Å². The molecule has 21 heavy (non-hydrogen) atoms. The zero-order valence-corrected chi connectivity index (χ0v) is 13.3. The van der Waals surface area contributed by atoms with Crippen molar-refractivity contribution >= 4 is 11.6 Å². The van der Waals surface area contributed by atoms with Gasteiger partial charge in [-0.1, -0.05) is 38.3 Å². The molecule has 1 aromatic rings. The van der Waals surface area contributed by atoms with Crippen LogP contribution in [0.4, 0.5) is 5.69 Å². The number of methoxy groups -OCH3 is 1. The van der Waals surface area contributed by atoms with Gasteiger partial charge in [0, 0.05) is 13.0 Å². The smallest absolute Gasteiger partial charge is 0.227 e. The Balaban J connectivity index is 2.76. The van der Waals surface area contributed by atoms with Crippen molar-refractivity contribution < 1.29 is 9.53 Å². The third-order valence-electron chi connectivity index (χ3n) is 3.51. The number of carbonyl (C=O) groups excluding carboxylic acids is 1.